The summed E-state index contributed by atoms with van der Waals surface area (Å²) >= 11 is 1.49. The van der Waals surface area contributed by atoms with E-state index in [9.17, 15) is 14.7 Å². The molecule has 0 aromatic rings. The van der Waals surface area contributed by atoms with Gasteiger partial charge in [0.1, 0.15) is 5.60 Å². The lowest BCUT2D eigenvalue weighted by molar-refractivity contribution is -0.146. The summed E-state index contributed by atoms with van der Waals surface area (Å²) < 4.78 is 5.19. The maximum absolute atomic E-state index is 11.9. The van der Waals surface area contributed by atoms with Crippen LogP contribution in [0, 0.1) is 0 Å². The fourth-order valence-electron chi connectivity index (χ4n) is 2.39. The molecule has 19 heavy (non-hydrogen) atoms. The molecule has 1 saturated carbocycles. The molecule has 2 N–H and O–H groups in total. The minimum absolute atomic E-state index is 0.119. The summed E-state index contributed by atoms with van der Waals surface area (Å²) in [6.45, 7) is 5.27. The Morgan fingerprint density at radius 1 is 1.37 bits per heavy atom. The van der Waals surface area contributed by atoms with Gasteiger partial charge < -0.3 is 15.2 Å². The van der Waals surface area contributed by atoms with Crippen LogP contribution in [0.25, 0.3) is 0 Å². The quantitative estimate of drug-likeness (QED) is 0.835. The standard InChI is InChI=1S/C13H23NO4S/c1-12(2,3)18-11(17)14-13(10(15)16)8-6-5-7-9(13)19-4/h9H,5-8H2,1-4H3,(H,14,17)(H,15,16)/t9-,13+/m1/s1. The number of carbonyl (C=O) groups excluding carboxylic acids is 1. The van der Waals surface area contributed by atoms with Gasteiger partial charge in [0, 0.05) is 5.25 Å². The maximum atomic E-state index is 11.9. The van der Waals surface area contributed by atoms with Crippen LogP contribution in [0.2, 0.25) is 0 Å². The van der Waals surface area contributed by atoms with Gasteiger partial charge in [0.15, 0.2) is 5.54 Å². The lowest BCUT2D eigenvalue weighted by atomic mass is 9.81. The summed E-state index contributed by atoms with van der Waals surface area (Å²) in [7, 11) is 0. The van der Waals surface area contributed by atoms with Crippen LogP contribution in [0.3, 0.4) is 0 Å². The molecule has 0 radical (unpaired) electrons. The van der Waals surface area contributed by atoms with Crippen molar-refractivity contribution in [1.82, 2.24) is 5.32 Å². The van der Waals surface area contributed by atoms with Crippen LogP contribution in [-0.2, 0) is 9.53 Å². The monoisotopic (exact) mass is 289 g/mol. The highest BCUT2D eigenvalue weighted by Gasteiger charge is 2.49. The smallest absolute Gasteiger partial charge is 0.408 e. The zero-order valence-electron chi connectivity index (χ0n) is 12.0. The van der Waals surface area contributed by atoms with Crippen LogP contribution in [0.4, 0.5) is 4.79 Å². The predicted octanol–water partition coefficient (Wildman–Crippen LogP) is 2.64. The van der Waals surface area contributed by atoms with E-state index in [0.717, 1.165) is 19.3 Å². The second kappa shape index (κ2) is 6.03. The van der Waals surface area contributed by atoms with Gasteiger partial charge in [-0.1, -0.05) is 12.8 Å². The van der Waals surface area contributed by atoms with Crippen molar-refractivity contribution in [3.8, 4) is 0 Å². The Hall–Kier alpha value is -0.910. The van der Waals surface area contributed by atoms with Crippen LogP contribution in [0.5, 0.6) is 0 Å². The van der Waals surface area contributed by atoms with Crippen molar-refractivity contribution in [2.75, 3.05) is 6.26 Å². The van der Waals surface area contributed by atoms with Gasteiger partial charge in [0.05, 0.1) is 0 Å². The molecule has 0 aromatic heterocycles. The summed E-state index contributed by atoms with van der Waals surface area (Å²) in [4.78, 5) is 23.6. The number of amides is 1. The largest absolute Gasteiger partial charge is 0.479 e. The number of hydrogen-bond acceptors (Lipinski definition) is 4. The molecule has 0 saturated heterocycles. The van der Waals surface area contributed by atoms with Crippen molar-refractivity contribution in [2.24, 2.45) is 0 Å². The van der Waals surface area contributed by atoms with Gasteiger partial charge in [-0.25, -0.2) is 9.59 Å². The second-order valence-electron chi connectivity index (χ2n) is 5.87. The van der Waals surface area contributed by atoms with E-state index < -0.39 is 23.2 Å². The van der Waals surface area contributed by atoms with E-state index in [4.69, 9.17) is 4.74 Å². The molecule has 0 spiro atoms. The Bertz CT molecular complexity index is 353. The number of hydrogen-bond donors (Lipinski definition) is 2. The number of nitrogens with one attached hydrogen (secondary N) is 1. The zero-order valence-corrected chi connectivity index (χ0v) is 12.8. The maximum Gasteiger partial charge on any atom is 0.408 e. The number of carbonyl (C=O) groups is 2. The zero-order chi connectivity index (χ0) is 14.7. The molecule has 1 aliphatic rings. The van der Waals surface area contributed by atoms with Crippen molar-refractivity contribution < 1.29 is 19.4 Å². The first-order valence-corrected chi connectivity index (χ1v) is 7.77. The van der Waals surface area contributed by atoms with Crippen LogP contribution in [0.1, 0.15) is 46.5 Å². The van der Waals surface area contributed by atoms with E-state index in [-0.39, 0.29) is 5.25 Å². The van der Waals surface area contributed by atoms with Gasteiger partial charge in [0.25, 0.3) is 0 Å². The lowest BCUT2D eigenvalue weighted by Gasteiger charge is -2.40. The third-order valence-corrected chi connectivity index (χ3v) is 4.43. The molecular formula is C13H23NO4S. The van der Waals surface area contributed by atoms with E-state index in [0.29, 0.717) is 6.42 Å². The average Bonchev–Trinajstić information content (AvgIpc) is 2.26. The highest BCUT2D eigenvalue weighted by atomic mass is 32.2. The van der Waals surface area contributed by atoms with E-state index >= 15 is 0 Å². The molecule has 5 nitrogen and oxygen atoms in total. The van der Waals surface area contributed by atoms with Crippen molar-refractivity contribution in [2.45, 2.75) is 62.8 Å². The Balaban J connectivity index is 2.87. The highest BCUT2D eigenvalue weighted by Crippen LogP contribution is 2.36. The van der Waals surface area contributed by atoms with Gasteiger partial charge >= 0.3 is 12.1 Å². The van der Waals surface area contributed by atoms with Gasteiger partial charge in [0.2, 0.25) is 0 Å². The average molecular weight is 289 g/mol. The molecule has 0 aromatic carbocycles. The summed E-state index contributed by atoms with van der Waals surface area (Å²) in [5.41, 5.74) is -1.84. The summed E-state index contributed by atoms with van der Waals surface area (Å²) in [6.07, 6.45) is 4.27. The number of aliphatic carboxylic acids is 1. The molecular weight excluding hydrogens is 266 g/mol. The van der Waals surface area contributed by atoms with Crippen molar-refractivity contribution in [3.63, 3.8) is 0 Å². The van der Waals surface area contributed by atoms with Crippen LogP contribution in [-0.4, -0.2) is 39.8 Å². The number of thioether (sulfide) groups is 1. The Labute approximate surface area is 118 Å². The first kappa shape index (κ1) is 16.1. The molecule has 0 unspecified atom stereocenters. The number of ether oxygens (including phenoxy) is 1. The summed E-state index contributed by atoms with van der Waals surface area (Å²) in [5.74, 6) is -0.975. The molecule has 6 heteroatoms. The number of carboxylic acid groups (broad SMARTS) is 1. The normalized spacial score (nSPS) is 27.7. The molecule has 0 bridgehead atoms. The first-order chi connectivity index (χ1) is 8.71. The van der Waals surface area contributed by atoms with E-state index in [1.54, 1.807) is 20.8 Å². The van der Waals surface area contributed by atoms with Gasteiger partial charge in [-0.05, 0) is 39.9 Å². The Kier molecular flexibility index (Phi) is 5.12. The molecule has 1 rings (SSSR count). The Morgan fingerprint density at radius 3 is 2.47 bits per heavy atom. The second-order valence-corrected chi connectivity index (χ2v) is 6.91. The van der Waals surface area contributed by atoms with Gasteiger partial charge in [-0.2, -0.15) is 11.8 Å². The SMILES string of the molecule is CS[C@@H]1CCCC[C@@]1(NC(=O)OC(C)(C)C)C(=O)O. The van der Waals surface area contributed by atoms with Crippen LogP contribution < -0.4 is 5.32 Å². The summed E-state index contributed by atoms with van der Waals surface area (Å²) in [6, 6.07) is 0. The van der Waals surface area contributed by atoms with E-state index in [2.05, 4.69) is 5.32 Å². The van der Waals surface area contributed by atoms with Crippen molar-refractivity contribution in [3.05, 3.63) is 0 Å². The fraction of sp³-hybridized carbons (Fsp3) is 0.846. The Morgan fingerprint density at radius 2 is 2.00 bits per heavy atom. The minimum Gasteiger partial charge on any atom is -0.479 e. The fourth-order valence-corrected chi connectivity index (χ4v) is 3.47. The first-order valence-electron chi connectivity index (χ1n) is 6.48. The topological polar surface area (TPSA) is 75.6 Å². The highest BCUT2D eigenvalue weighted by molar-refractivity contribution is 7.99. The van der Waals surface area contributed by atoms with Crippen LogP contribution >= 0.6 is 11.8 Å². The van der Waals surface area contributed by atoms with Crippen LogP contribution in [0.15, 0.2) is 0 Å². The summed E-state index contributed by atoms with van der Waals surface area (Å²) in [5, 5.41) is 12.0. The number of carboxylic acids is 1. The molecule has 110 valence electrons. The van der Waals surface area contributed by atoms with Gasteiger partial charge in [-0.15, -0.1) is 0 Å². The van der Waals surface area contributed by atoms with E-state index in [1.807, 2.05) is 6.26 Å². The number of rotatable bonds is 3. The predicted molar refractivity (Wildman–Crippen MR) is 75.5 cm³/mol. The lowest BCUT2D eigenvalue weighted by Crippen LogP contribution is -2.62. The van der Waals surface area contributed by atoms with Crippen molar-refractivity contribution in [1.29, 1.82) is 0 Å². The van der Waals surface area contributed by atoms with Crippen molar-refractivity contribution >= 4 is 23.8 Å². The van der Waals surface area contributed by atoms with Gasteiger partial charge in [-0.3, -0.25) is 0 Å². The molecule has 0 heterocycles. The third-order valence-electron chi connectivity index (χ3n) is 3.23. The molecule has 1 fully saturated rings. The number of alkyl carbamates (subject to hydrolysis) is 1. The molecule has 1 amide bonds. The third kappa shape index (κ3) is 4.03. The molecule has 2 atom stereocenters. The molecule has 0 aliphatic heterocycles. The molecule has 1 aliphatic carbocycles. The minimum atomic E-state index is -1.21. The van der Waals surface area contributed by atoms with E-state index in [1.165, 1.54) is 11.8 Å².